The van der Waals surface area contributed by atoms with Gasteiger partial charge >= 0.3 is 0 Å². The molecule has 162 valence electrons. The van der Waals surface area contributed by atoms with Crippen molar-refractivity contribution in [2.24, 2.45) is 11.7 Å². The zero-order valence-electron chi connectivity index (χ0n) is 15.8. The molecule has 7 nitrogen and oxygen atoms in total. The van der Waals surface area contributed by atoms with Crippen LogP contribution in [0.5, 0.6) is 0 Å². The van der Waals surface area contributed by atoms with Gasteiger partial charge < -0.3 is 16.4 Å². The second-order valence-electron chi connectivity index (χ2n) is 7.07. The summed E-state index contributed by atoms with van der Waals surface area (Å²) in [6.45, 7) is 1.80. The van der Waals surface area contributed by atoms with E-state index in [1.165, 1.54) is 0 Å². The number of hydrogen-bond acceptors (Lipinski definition) is 5. The maximum Gasteiger partial charge on any atom is 0.228 e. The predicted molar refractivity (Wildman–Crippen MR) is 124 cm³/mol. The van der Waals surface area contributed by atoms with Crippen LogP contribution >= 0.6 is 48.8 Å². The van der Waals surface area contributed by atoms with Crippen molar-refractivity contribution in [3.8, 4) is 11.1 Å². The fourth-order valence-corrected chi connectivity index (χ4v) is 3.99. The number of anilines is 2. The van der Waals surface area contributed by atoms with Crippen LogP contribution in [0, 0.1) is 5.92 Å². The van der Waals surface area contributed by atoms with Gasteiger partial charge in [-0.1, -0.05) is 18.0 Å². The number of carbonyl (C=O) groups is 1. The summed E-state index contributed by atoms with van der Waals surface area (Å²) in [7, 11) is 0. The van der Waals surface area contributed by atoms with Crippen LogP contribution in [0.3, 0.4) is 0 Å². The van der Waals surface area contributed by atoms with E-state index < -0.39 is 0 Å². The van der Waals surface area contributed by atoms with Crippen LogP contribution in [0.1, 0.15) is 32.1 Å². The number of pyridine rings is 1. The highest BCUT2D eigenvalue weighted by Gasteiger charge is 2.26. The first-order valence-corrected chi connectivity index (χ1v) is 9.51. The molecule has 29 heavy (non-hydrogen) atoms. The molecular formula is C18H26Cl4N6O. The first-order chi connectivity index (χ1) is 12.6. The summed E-state index contributed by atoms with van der Waals surface area (Å²) in [6, 6.07) is 1.93. The van der Waals surface area contributed by atoms with E-state index >= 15 is 0 Å². The molecule has 0 bridgehead atoms. The second-order valence-corrected chi connectivity index (χ2v) is 7.48. The van der Waals surface area contributed by atoms with Crippen molar-refractivity contribution in [2.45, 2.75) is 44.7 Å². The van der Waals surface area contributed by atoms with Crippen molar-refractivity contribution < 1.29 is 4.79 Å². The molecule has 2 aliphatic rings. The lowest BCUT2D eigenvalue weighted by atomic mass is 9.85. The number of halogens is 4. The van der Waals surface area contributed by atoms with E-state index in [0.29, 0.717) is 10.8 Å². The van der Waals surface area contributed by atoms with Crippen LogP contribution < -0.4 is 16.4 Å². The van der Waals surface area contributed by atoms with Crippen molar-refractivity contribution in [1.82, 2.24) is 14.8 Å². The maximum atomic E-state index is 12.6. The van der Waals surface area contributed by atoms with Crippen LogP contribution in [0.15, 0.2) is 18.5 Å². The van der Waals surface area contributed by atoms with Crippen LogP contribution in [-0.4, -0.2) is 33.3 Å². The van der Waals surface area contributed by atoms with E-state index in [0.717, 1.165) is 62.1 Å². The van der Waals surface area contributed by atoms with Gasteiger partial charge in [0.25, 0.3) is 0 Å². The Kier molecular flexibility index (Phi) is 9.98. The number of nitrogens with zero attached hydrogens (tertiary/aromatic N) is 3. The zero-order chi connectivity index (χ0) is 18.1. The van der Waals surface area contributed by atoms with Crippen molar-refractivity contribution in [3.63, 3.8) is 0 Å². The third kappa shape index (κ3) is 5.67. The highest BCUT2D eigenvalue weighted by molar-refractivity contribution is 6.33. The molecule has 2 aromatic heterocycles. The molecule has 0 saturated heterocycles. The molecule has 1 aliphatic heterocycles. The van der Waals surface area contributed by atoms with Gasteiger partial charge in [0, 0.05) is 42.4 Å². The Morgan fingerprint density at radius 2 is 2.00 bits per heavy atom. The molecule has 0 unspecified atom stereocenters. The van der Waals surface area contributed by atoms with Crippen LogP contribution in [0.25, 0.3) is 11.1 Å². The van der Waals surface area contributed by atoms with E-state index in [2.05, 4.69) is 20.7 Å². The summed E-state index contributed by atoms with van der Waals surface area (Å²) in [5.74, 6) is 1.39. The number of rotatable bonds is 3. The second kappa shape index (κ2) is 11.2. The number of aryl methyl sites for hydroxylation is 1. The molecule has 4 rings (SSSR count). The third-order valence-corrected chi connectivity index (χ3v) is 5.46. The smallest absolute Gasteiger partial charge is 0.228 e. The maximum absolute atomic E-state index is 12.6. The SMILES string of the molecule is Cl.Cl.Cl.N[C@@H]1CCC[C@H](C(=O)Nc2cc(-c3cnn4c3NCCC4)c(Cl)cn2)C1. The van der Waals surface area contributed by atoms with E-state index in [-0.39, 0.29) is 55.1 Å². The van der Waals surface area contributed by atoms with Crippen LogP contribution in [-0.2, 0) is 11.3 Å². The Labute approximate surface area is 193 Å². The number of nitrogens with one attached hydrogen (secondary N) is 2. The number of nitrogens with two attached hydrogens (primary N) is 1. The van der Waals surface area contributed by atoms with E-state index in [1.54, 1.807) is 12.4 Å². The Balaban J connectivity index is 0.00000140. The molecule has 1 aliphatic carbocycles. The summed E-state index contributed by atoms with van der Waals surface area (Å²) in [6.07, 6.45) is 8.02. The topological polar surface area (TPSA) is 97.9 Å². The highest BCUT2D eigenvalue weighted by atomic mass is 35.5. The normalized spacial score (nSPS) is 20.1. The van der Waals surface area contributed by atoms with Gasteiger partial charge in [-0.25, -0.2) is 9.67 Å². The number of hydrogen-bond donors (Lipinski definition) is 3. The van der Waals surface area contributed by atoms with Gasteiger partial charge in [0.05, 0.1) is 11.2 Å². The standard InChI is InChI=1S/C18H23ClN6O.3ClH/c19-15-10-22-16(24-18(26)11-3-1-4-12(20)7-11)8-13(15)14-9-23-25-6-2-5-21-17(14)25;;;/h8-12,21H,1-7,20H2,(H,22,24,26);3*1H/t11-,12+;;;/m0.../s1. The molecule has 1 saturated carbocycles. The van der Waals surface area contributed by atoms with Gasteiger partial charge in [-0.05, 0) is 31.7 Å². The number of carbonyl (C=O) groups excluding carboxylic acids is 1. The van der Waals surface area contributed by atoms with Gasteiger partial charge in [-0.3, -0.25) is 4.79 Å². The average Bonchev–Trinajstić information content (AvgIpc) is 3.07. The van der Waals surface area contributed by atoms with E-state index in [4.69, 9.17) is 17.3 Å². The molecule has 0 aromatic carbocycles. The average molecular weight is 484 g/mol. The van der Waals surface area contributed by atoms with E-state index in [1.807, 2.05) is 10.7 Å². The van der Waals surface area contributed by atoms with Crippen molar-refractivity contribution in [2.75, 3.05) is 17.2 Å². The molecule has 1 amide bonds. The molecule has 4 N–H and O–H groups in total. The first kappa shape index (κ1) is 25.8. The lowest BCUT2D eigenvalue weighted by Gasteiger charge is -2.25. The lowest BCUT2D eigenvalue weighted by molar-refractivity contribution is -0.120. The Bertz CT molecular complexity index is 831. The first-order valence-electron chi connectivity index (χ1n) is 9.14. The Hall–Kier alpha value is -1.25. The van der Waals surface area contributed by atoms with Gasteiger partial charge in [-0.2, -0.15) is 5.10 Å². The zero-order valence-corrected chi connectivity index (χ0v) is 19.0. The quantitative estimate of drug-likeness (QED) is 0.609. The Morgan fingerprint density at radius 3 is 2.76 bits per heavy atom. The van der Waals surface area contributed by atoms with Crippen LogP contribution in [0.4, 0.5) is 11.6 Å². The fourth-order valence-electron chi connectivity index (χ4n) is 3.78. The number of fused-ring (bicyclic) bond motifs is 1. The largest absolute Gasteiger partial charge is 0.370 e. The number of amides is 1. The van der Waals surface area contributed by atoms with Gasteiger partial charge in [0.1, 0.15) is 11.6 Å². The molecule has 3 heterocycles. The summed E-state index contributed by atoms with van der Waals surface area (Å²) in [4.78, 5) is 16.8. The summed E-state index contributed by atoms with van der Waals surface area (Å²) in [5.41, 5.74) is 7.74. The summed E-state index contributed by atoms with van der Waals surface area (Å²) in [5, 5.41) is 11.3. The van der Waals surface area contributed by atoms with Crippen molar-refractivity contribution in [3.05, 3.63) is 23.5 Å². The van der Waals surface area contributed by atoms with Gasteiger partial charge in [-0.15, -0.1) is 37.2 Å². The monoisotopic (exact) mass is 482 g/mol. The van der Waals surface area contributed by atoms with Gasteiger partial charge in [0.2, 0.25) is 5.91 Å². The molecule has 1 fully saturated rings. The minimum atomic E-state index is -0.0507. The number of aromatic nitrogens is 3. The van der Waals surface area contributed by atoms with E-state index in [9.17, 15) is 4.79 Å². The predicted octanol–water partition coefficient (Wildman–Crippen LogP) is 4.14. The minimum Gasteiger partial charge on any atom is -0.370 e. The van der Waals surface area contributed by atoms with Crippen LogP contribution in [0.2, 0.25) is 5.02 Å². The third-order valence-electron chi connectivity index (χ3n) is 5.16. The van der Waals surface area contributed by atoms with Crippen molar-refractivity contribution >= 4 is 66.4 Å². The molecule has 11 heteroatoms. The summed E-state index contributed by atoms with van der Waals surface area (Å²) >= 11 is 6.38. The molecule has 0 radical (unpaired) electrons. The van der Waals surface area contributed by atoms with Crippen molar-refractivity contribution in [1.29, 1.82) is 0 Å². The molecular weight excluding hydrogens is 458 g/mol. The fraction of sp³-hybridized carbons (Fsp3) is 0.500. The van der Waals surface area contributed by atoms with Gasteiger partial charge in [0.15, 0.2) is 0 Å². The minimum absolute atomic E-state index is 0. The highest BCUT2D eigenvalue weighted by Crippen LogP contribution is 2.35. The Morgan fingerprint density at radius 1 is 1.21 bits per heavy atom. The molecule has 2 aromatic rings. The lowest BCUT2D eigenvalue weighted by Crippen LogP contribution is -2.34. The molecule has 0 spiro atoms. The molecule has 2 atom stereocenters. The summed E-state index contributed by atoms with van der Waals surface area (Å²) < 4.78 is 1.94.